The molecular weight excluding hydrogens is 214 g/mol. The Morgan fingerprint density at radius 2 is 1.71 bits per heavy atom. The normalized spacial score (nSPS) is 11.1. The zero-order valence-corrected chi connectivity index (χ0v) is 8.08. The molecule has 1 aromatic carbocycles. The third-order valence-corrected chi connectivity index (χ3v) is 1.73. The van der Waals surface area contributed by atoms with E-state index in [1.54, 1.807) is 0 Å². The van der Waals surface area contributed by atoms with Gasteiger partial charge in [0.2, 0.25) is 0 Å². The van der Waals surface area contributed by atoms with Crippen LogP contribution < -0.4 is 4.74 Å². The molecule has 1 unspecified atom stereocenters. The van der Waals surface area contributed by atoms with Crippen LogP contribution in [0.2, 0.25) is 0 Å². The Hall–Kier alpha value is -1.09. The molecule has 6 heteroatoms. The summed E-state index contributed by atoms with van der Waals surface area (Å²) in [6.07, 6.45) is -4.67. The standard InChI is InChI=1S/C8H7F3NOP/c9-8(10,11)13-6-3-1-5(2-4-6)7(12)14/h1-4,12H,14H2. The molecule has 0 saturated heterocycles. The molecular formula is C8H7F3NOP. The van der Waals surface area contributed by atoms with Crippen molar-refractivity contribution in [2.45, 2.75) is 6.36 Å². The summed E-state index contributed by atoms with van der Waals surface area (Å²) in [4.78, 5) is 0. The van der Waals surface area contributed by atoms with E-state index in [4.69, 9.17) is 5.41 Å². The van der Waals surface area contributed by atoms with Gasteiger partial charge in [0.25, 0.3) is 0 Å². The van der Waals surface area contributed by atoms with Gasteiger partial charge in [0.15, 0.2) is 0 Å². The maximum Gasteiger partial charge on any atom is 0.573 e. The molecule has 0 aliphatic rings. The maximum atomic E-state index is 11.7. The van der Waals surface area contributed by atoms with E-state index in [0.29, 0.717) is 5.56 Å². The van der Waals surface area contributed by atoms with Crippen LogP contribution in [0.1, 0.15) is 5.56 Å². The van der Waals surface area contributed by atoms with Crippen molar-refractivity contribution < 1.29 is 17.9 Å². The minimum atomic E-state index is -4.67. The van der Waals surface area contributed by atoms with Gasteiger partial charge in [0.05, 0.1) is 5.45 Å². The third-order valence-electron chi connectivity index (χ3n) is 1.40. The molecule has 1 N–H and O–H groups in total. The highest BCUT2D eigenvalue weighted by atomic mass is 31.0. The van der Waals surface area contributed by atoms with Crippen LogP contribution in [0.25, 0.3) is 0 Å². The Kier molecular flexibility index (Phi) is 3.11. The van der Waals surface area contributed by atoms with E-state index in [-0.39, 0.29) is 11.2 Å². The summed E-state index contributed by atoms with van der Waals surface area (Å²) >= 11 is 0. The quantitative estimate of drug-likeness (QED) is 0.604. The van der Waals surface area contributed by atoms with Crippen LogP contribution in [0.4, 0.5) is 13.2 Å². The molecule has 1 aromatic rings. The van der Waals surface area contributed by atoms with Crippen molar-refractivity contribution in [1.82, 2.24) is 0 Å². The highest BCUT2D eigenvalue weighted by Gasteiger charge is 2.30. The Morgan fingerprint density at radius 3 is 2.07 bits per heavy atom. The molecule has 1 atom stereocenters. The average Bonchev–Trinajstić information content (AvgIpc) is 2.02. The van der Waals surface area contributed by atoms with Crippen molar-refractivity contribution in [1.29, 1.82) is 5.41 Å². The Morgan fingerprint density at radius 1 is 1.21 bits per heavy atom. The van der Waals surface area contributed by atoms with E-state index in [9.17, 15) is 13.2 Å². The minimum absolute atomic E-state index is 0.212. The van der Waals surface area contributed by atoms with Crippen molar-refractivity contribution in [3.05, 3.63) is 29.8 Å². The minimum Gasteiger partial charge on any atom is -0.406 e. The summed E-state index contributed by atoms with van der Waals surface area (Å²) in [5.74, 6) is -0.285. The first kappa shape index (κ1) is 11.0. The lowest BCUT2D eigenvalue weighted by atomic mass is 10.2. The van der Waals surface area contributed by atoms with E-state index in [1.165, 1.54) is 24.3 Å². The molecule has 14 heavy (non-hydrogen) atoms. The fraction of sp³-hybridized carbons (Fsp3) is 0.125. The molecule has 0 spiro atoms. The number of hydrogen-bond donors (Lipinski definition) is 1. The topological polar surface area (TPSA) is 33.1 Å². The summed E-state index contributed by atoms with van der Waals surface area (Å²) in [6, 6.07) is 5.11. The molecule has 0 bridgehead atoms. The van der Waals surface area contributed by atoms with Crippen molar-refractivity contribution in [3.8, 4) is 5.75 Å². The molecule has 0 radical (unpaired) electrons. The van der Waals surface area contributed by atoms with Crippen LogP contribution in [0.3, 0.4) is 0 Å². The van der Waals surface area contributed by atoms with E-state index in [1.807, 2.05) is 0 Å². The summed E-state index contributed by atoms with van der Waals surface area (Å²) in [6.45, 7) is 0. The number of rotatable bonds is 2. The van der Waals surface area contributed by atoms with Crippen molar-refractivity contribution in [3.63, 3.8) is 0 Å². The first-order chi connectivity index (χ1) is 6.38. The smallest absolute Gasteiger partial charge is 0.406 e. The van der Waals surface area contributed by atoms with Gasteiger partial charge in [0, 0.05) is 0 Å². The van der Waals surface area contributed by atoms with Gasteiger partial charge in [-0.2, -0.15) is 0 Å². The lowest BCUT2D eigenvalue weighted by molar-refractivity contribution is -0.274. The summed E-state index contributed by atoms with van der Waals surface area (Å²) in [5, 5.41) is 7.19. The van der Waals surface area contributed by atoms with Crippen LogP contribution in [0.15, 0.2) is 24.3 Å². The number of alkyl halides is 3. The molecule has 0 amide bonds. The lowest BCUT2D eigenvalue weighted by Crippen LogP contribution is -2.17. The second kappa shape index (κ2) is 3.96. The predicted octanol–water partition coefficient (Wildman–Crippen LogP) is 2.79. The zero-order chi connectivity index (χ0) is 10.8. The van der Waals surface area contributed by atoms with E-state index in [0.717, 1.165) is 0 Å². The first-order valence-electron chi connectivity index (χ1n) is 3.59. The first-order valence-corrected chi connectivity index (χ1v) is 4.16. The second-order valence-corrected chi connectivity index (χ2v) is 3.06. The van der Waals surface area contributed by atoms with Crippen LogP contribution in [0, 0.1) is 5.41 Å². The SMILES string of the molecule is N=C(P)c1ccc(OC(F)(F)F)cc1. The second-order valence-electron chi connectivity index (χ2n) is 2.49. The molecule has 1 rings (SSSR count). The van der Waals surface area contributed by atoms with Crippen LogP contribution in [0.5, 0.6) is 5.75 Å². The molecule has 76 valence electrons. The van der Waals surface area contributed by atoms with Gasteiger partial charge in [0.1, 0.15) is 5.75 Å². The van der Waals surface area contributed by atoms with Gasteiger partial charge in [-0.1, -0.05) is 9.24 Å². The molecule has 0 heterocycles. The molecule has 2 nitrogen and oxygen atoms in total. The van der Waals surface area contributed by atoms with Gasteiger partial charge in [-0.15, -0.1) is 13.2 Å². The van der Waals surface area contributed by atoms with Crippen molar-refractivity contribution >= 4 is 14.7 Å². The fourth-order valence-corrected chi connectivity index (χ4v) is 1.03. The summed E-state index contributed by atoms with van der Waals surface area (Å²) < 4.78 is 38.9. The summed E-state index contributed by atoms with van der Waals surface area (Å²) in [7, 11) is 2.15. The monoisotopic (exact) mass is 221 g/mol. The van der Waals surface area contributed by atoms with Crippen LogP contribution in [-0.4, -0.2) is 11.8 Å². The average molecular weight is 221 g/mol. The van der Waals surface area contributed by atoms with Gasteiger partial charge < -0.3 is 10.1 Å². The van der Waals surface area contributed by atoms with Gasteiger partial charge >= 0.3 is 6.36 Å². The Bertz CT molecular complexity index is 333. The van der Waals surface area contributed by atoms with E-state index in [2.05, 4.69) is 14.0 Å². The molecule has 0 aliphatic carbocycles. The van der Waals surface area contributed by atoms with Crippen LogP contribution in [-0.2, 0) is 0 Å². The van der Waals surface area contributed by atoms with Crippen LogP contribution >= 0.6 is 9.24 Å². The number of ether oxygens (including phenoxy) is 1. The molecule has 0 aromatic heterocycles. The molecule has 0 fully saturated rings. The van der Waals surface area contributed by atoms with Crippen molar-refractivity contribution in [2.24, 2.45) is 0 Å². The van der Waals surface area contributed by atoms with E-state index < -0.39 is 6.36 Å². The number of benzene rings is 1. The van der Waals surface area contributed by atoms with Gasteiger partial charge in [-0.25, -0.2) is 0 Å². The highest BCUT2D eigenvalue weighted by Crippen LogP contribution is 2.23. The fourth-order valence-electron chi connectivity index (χ4n) is 0.836. The number of halogens is 3. The number of hydrogen-bond acceptors (Lipinski definition) is 2. The molecule has 0 saturated carbocycles. The predicted molar refractivity (Wildman–Crippen MR) is 49.7 cm³/mol. The van der Waals surface area contributed by atoms with Crippen molar-refractivity contribution in [2.75, 3.05) is 0 Å². The van der Waals surface area contributed by atoms with Gasteiger partial charge in [-0.05, 0) is 29.8 Å². The molecule has 0 aliphatic heterocycles. The highest BCUT2D eigenvalue weighted by molar-refractivity contribution is 7.41. The Balaban J connectivity index is 2.79. The number of nitrogens with one attached hydrogen (secondary N) is 1. The maximum absolute atomic E-state index is 11.7. The van der Waals surface area contributed by atoms with Gasteiger partial charge in [-0.3, -0.25) is 0 Å². The lowest BCUT2D eigenvalue weighted by Gasteiger charge is -2.08. The third kappa shape index (κ3) is 3.34. The zero-order valence-electron chi connectivity index (χ0n) is 6.93. The largest absolute Gasteiger partial charge is 0.573 e. The van der Waals surface area contributed by atoms with E-state index >= 15 is 0 Å². The Labute approximate surface area is 80.8 Å². The summed E-state index contributed by atoms with van der Waals surface area (Å²) in [5.41, 5.74) is 0.744.